The standard InChI is InChI=1S/C12H15N3O4S/c1-12(4-5-18-13-19-12)15-9(16)7-6-20-11(14(2)3)8(7)10(15)17/h6,13H,4-5H2,1-3H3/t12-/m1/s1. The number of anilines is 1. The summed E-state index contributed by atoms with van der Waals surface area (Å²) in [4.78, 5) is 38.3. The molecule has 0 aliphatic carbocycles. The highest BCUT2D eigenvalue weighted by molar-refractivity contribution is 7.15. The van der Waals surface area contributed by atoms with Gasteiger partial charge in [0.25, 0.3) is 11.8 Å². The molecule has 20 heavy (non-hydrogen) atoms. The molecule has 1 N–H and O–H groups in total. The summed E-state index contributed by atoms with van der Waals surface area (Å²) < 4.78 is 0. The van der Waals surface area contributed by atoms with Gasteiger partial charge < -0.3 is 4.90 Å². The third kappa shape index (κ3) is 1.76. The number of fused-ring (bicyclic) bond motifs is 1. The highest BCUT2D eigenvalue weighted by Crippen LogP contribution is 2.40. The topological polar surface area (TPSA) is 71.1 Å². The van der Waals surface area contributed by atoms with Crippen molar-refractivity contribution in [3.8, 4) is 0 Å². The zero-order valence-corrected chi connectivity index (χ0v) is 12.2. The van der Waals surface area contributed by atoms with Crippen LogP contribution in [0.3, 0.4) is 0 Å². The molecule has 0 radical (unpaired) electrons. The van der Waals surface area contributed by atoms with Gasteiger partial charge >= 0.3 is 0 Å². The Morgan fingerprint density at radius 2 is 2.15 bits per heavy atom. The zero-order chi connectivity index (χ0) is 14.5. The van der Waals surface area contributed by atoms with Gasteiger partial charge in [0.15, 0.2) is 5.72 Å². The molecule has 0 spiro atoms. The minimum absolute atomic E-state index is 0.318. The lowest BCUT2D eigenvalue weighted by Crippen LogP contribution is -2.57. The van der Waals surface area contributed by atoms with E-state index in [9.17, 15) is 9.59 Å². The van der Waals surface area contributed by atoms with E-state index in [0.29, 0.717) is 24.2 Å². The molecule has 108 valence electrons. The van der Waals surface area contributed by atoms with Crippen LogP contribution in [0.15, 0.2) is 5.38 Å². The Morgan fingerprint density at radius 1 is 1.40 bits per heavy atom. The molecule has 8 heteroatoms. The monoisotopic (exact) mass is 297 g/mol. The van der Waals surface area contributed by atoms with Crippen LogP contribution in [0.4, 0.5) is 5.00 Å². The summed E-state index contributed by atoms with van der Waals surface area (Å²) in [6, 6.07) is 0. The smallest absolute Gasteiger partial charge is 0.266 e. The first-order valence-corrected chi connectivity index (χ1v) is 7.06. The van der Waals surface area contributed by atoms with Crippen molar-refractivity contribution in [1.29, 1.82) is 0 Å². The lowest BCUT2D eigenvalue weighted by Gasteiger charge is -2.38. The van der Waals surface area contributed by atoms with Crippen molar-refractivity contribution < 1.29 is 19.3 Å². The van der Waals surface area contributed by atoms with Crippen LogP contribution in [-0.4, -0.2) is 43.1 Å². The fraction of sp³-hybridized carbons (Fsp3) is 0.500. The Kier molecular flexibility index (Phi) is 3.05. The maximum atomic E-state index is 12.6. The molecule has 0 unspecified atom stereocenters. The van der Waals surface area contributed by atoms with E-state index in [1.165, 1.54) is 16.2 Å². The van der Waals surface area contributed by atoms with E-state index in [1.807, 2.05) is 19.0 Å². The van der Waals surface area contributed by atoms with Gasteiger partial charge in [0.05, 0.1) is 17.7 Å². The Bertz CT molecular complexity index is 577. The van der Waals surface area contributed by atoms with Crippen molar-refractivity contribution in [3.63, 3.8) is 0 Å². The summed E-state index contributed by atoms with van der Waals surface area (Å²) in [6.07, 6.45) is 0.419. The molecule has 2 aliphatic heterocycles. The molecular formula is C12H15N3O4S. The van der Waals surface area contributed by atoms with Gasteiger partial charge in [-0.1, -0.05) is 5.64 Å². The number of hydrogen-bond acceptors (Lipinski definition) is 7. The molecule has 0 aromatic carbocycles. The number of thiophene rings is 1. The van der Waals surface area contributed by atoms with E-state index in [2.05, 4.69) is 5.64 Å². The van der Waals surface area contributed by atoms with Crippen LogP contribution < -0.4 is 10.5 Å². The molecule has 1 aromatic rings. The number of carbonyl (C=O) groups excluding carboxylic acids is 2. The number of hydrogen-bond donors (Lipinski definition) is 1. The number of carbonyl (C=O) groups is 2. The Balaban J connectivity index is 2.01. The SMILES string of the molecule is CN(C)c1scc2c1C(=O)N([C@@]1(C)CCONO1)C2=O. The van der Waals surface area contributed by atoms with Gasteiger partial charge in [-0.25, -0.2) is 9.74 Å². The predicted octanol–water partition coefficient (Wildman–Crippen LogP) is 0.983. The normalized spacial score (nSPS) is 26.1. The molecule has 1 fully saturated rings. The summed E-state index contributed by atoms with van der Waals surface area (Å²) in [5.41, 5.74) is 2.16. The molecule has 0 bridgehead atoms. The summed E-state index contributed by atoms with van der Waals surface area (Å²) in [5, 5.41) is 2.51. The summed E-state index contributed by atoms with van der Waals surface area (Å²) >= 11 is 1.39. The van der Waals surface area contributed by atoms with Gasteiger partial charge in [0, 0.05) is 25.9 Å². The van der Waals surface area contributed by atoms with E-state index >= 15 is 0 Å². The first-order valence-electron chi connectivity index (χ1n) is 6.18. The maximum Gasteiger partial charge on any atom is 0.266 e. The second-order valence-corrected chi connectivity index (χ2v) is 5.99. The third-order valence-electron chi connectivity index (χ3n) is 3.49. The van der Waals surface area contributed by atoms with Crippen molar-refractivity contribution in [1.82, 2.24) is 10.5 Å². The number of amides is 2. The first-order chi connectivity index (χ1) is 9.46. The molecule has 2 aliphatic rings. The van der Waals surface area contributed by atoms with Crippen molar-refractivity contribution in [2.45, 2.75) is 19.1 Å². The average molecular weight is 297 g/mol. The van der Waals surface area contributed by atoms with Crippen LogP contribution in [0, 0.1) is 0 Å². The summed E-state index contributed by atoms with van der Waals surface area (Å²) in [7, 11) is 3.70. The average Bonchev–Trinajstić information content (AvgIpc) is 2.92. The van der Waals surface area contributed by atoms with Gasteiger partial charge in [-0.3, -0.25) is 14.4 Å². The van der Waals surface area contributed by atoms with E-state index in [-0.39, 0.29) is 11.8 Å². The number of nitrogens with one attached hydrogen (secondary N) is 1. The Labute approximate surface area is 120 Å². The quantitative estimate of drug-likeness (QED) is 0.821. The molecular weight excluding hydrogens is 282 g/mol. The van der Waals surface area contributed by atoms with Crippen LogP contribution in [0.1, 0.15) is 34.1 Å². The molecule has 1 aromatic heterocycles. The molecule has 7 nitrogen and oxygen atoms in total. The second-order valence-electron chi connectivity index (χ2n) is 5.13. The number of imide groups is 1. The Morgan fingerprint density at radius 3 is 2.75 bits per heavy atom. The summed E-state index contributed by atoms with van der Waals surface area (Å²) in [6.45, 7) is 2.06. The summed E-state index contributed by atoms with van der Waals surface area (Å²) in [5.74, 6) is -0.637. The minimum atomic E-state index is -1.04. The van der Waals surface area contributed by atoms with Crippen molar-refractivity contribution in [2.24, 2.45) is 0 Å². The largest absolute Gasteiger partial charge is 0.369 e. The van der Waals surface area contributed by atoms with Gasteiger partial charge in [0.2, 0.25) is 0 Å². The zero-order valence-electron chi connectivity index (χ0n) is 11.4. The molecule has 1 atom stereocenters. The van der Waals surface area contributed by atoms with Gasteiger partial charge in [-0.05, 0) is 6.92 Å². The number of nitrogens with zero attached hydrogens (tertiary/aromatic N) is 2. The first kappa shape index (κ1) is 13.5. The lowest BCUT2D eigenvalue weighted by molar-refractivity contribution is -0.302. The van der Waals surface area contributed by atoms with Gasteiger partial charge in [0.1, 0.15) is 5.00 Å². The molecule has 1 saturated heterocycles. The van der Waals surface area contributed by atoms with Crippen LogP contribution in [0.5, 0.6) is 0 Å². The van der Waals surface area contributed by atoms with Crippen LogP contribution in [0.2, 0.25) is 0 Å². The number of rotatable bonds is 2. The minimum Gasteiger partial charge on any atom is -0.369 e. The van der Waals surface area contributed by atoms with E-state index in [4.69, 9.17) is 9.68 Å². The fourth-order valence-electron chi connectivity index (χ4n) is 2.40. The predicted molar refractivity (Wildman–Crippen MR) is 72.3 cm³/mol. The molecule has 3 heterocycles. The fourth-order valence-corrected chi connectivity index (χ4v) is 3.38. The van der Waals surface area contributed by atoms with E-state index in [0.717, 1.165) is 5.00 Å². The van der Waals surface area contributed by atoms with Gasteiger partial charge in [-0.15, -0.1) is 11.3 Å². The molecule has 0 saturated carbocycles. The maximum absolute atomic E-state index is 12.6. The highest BCUT2D eigenvalue weighted by Gasteiger charge is 2.50. The van der Waals surface area contributed by atoms with E-state index in [1.54, 1.807) is 12.3 Å². The van der Waals surface area contributed by atoms with Crippen molar-refractivity contribution >= 4 is 28.2 Å². The van der Waals surface area contributed by atoms with Crippen molar-refractivity contribution in [3.05, 3.63) is 16.5 Å². The van der Waals surface area contributed by atoms with E-state index < -0.39 is 5.72 Å². The lowest BCUT2D eigenvalue weighted by atomic mass is 10.1. The van der Waals surface area contributed by atoms with Crippen LogP contribution >= 0.6 is 11.3 Å². The van der Waals surface area contributed by atoms with Crippen LogP contribution in [0.25, 0.3) is 0 Å². The van der Waals surface area contributed by atoms with Crippen LogP contribution in [-0.2, 0) is 9.68 Å². The highest BCUT2D eigenvalue weighted by atomic mass is 32.1. The molecule has 2 amide bonds. The Hall–Kier alpha value is -1.48. The second kappa shape index (κ2) is 4.52. The van der Waals surface area contributed by atoms with Gasteiger partial charge in [-0.2, -0.15) is 0 Å². The molecule has 3 rings (SSSR count). The van der Waals surface area contributed by atoms with Crippen molar-refractivity contribution in [2.75, 3.05) is 25.6 Å². The third-order valence-corrected chi connectivity index (χ3v) is 4.64.